The molecule has 0 saturated heterocycles. The van der Waals surface area contributed by atoms with Gasteiger partial charge in [0.25, 0.3) is 0 Å². The van der Waals surface area contributed by atoms with Gasteiger partial charge in [-0.05, 0) is 24.5 Å². The number of benzene rings is 1. The fourth-order valence-electron chi connectivity index (χ4n) is 1.52. The van der Waals surface area contributed by atoms with Crippen LogP contribution in [0.2, 0.25) is 0 Å². The second-order valence-electron chi connectivity index (χ2n) is 3.92. The van der Waals surface area contributed by atoms with E-state index in [0.717, 1.165) is 6.07 Å². The fraction of sp³-hybridized carbons (Fsp3) is 0.455. The molecule has 0 aliphatic carbocycles. The summed E-state index contributed by atoms with van der Waals surface area (Å²) in [6, 6.07) is 3.75. The Labute approximate surface area is 99.0 Å². The summed E-state index contributed by atoms with van der Waals surface area (Å²) in [6.07, 6.45) is -12.1. The molecule has 0 radical (unpaired) electrons. The molecule has 1 aromatic rings. The van der Waals surface area contributed by atoms with E-state index in [0.29, 0.717) is 0 Å². The van der Waals surface area contributed by atoms with Crippen molar-refractivity contribution in [2.45, 2.75) is 25.7 Å². The highest BCUT2D eigenvalue weighted by atomic mass is 19.4. The van der Waals surface area contributed by atoms with Gasteiger partial charge in [0.2, 0.25) is 0 Å². The molecule has 0 fully saturated rings. The van der Waals surface area contributed by atoms with E-state index in [1.807, 2.05) is 0 Å². The standard InChI is InChI=1S/C11H10F6O/c1-6-3-2-4-7(9(6)18)5-8(10(12,13)14)11(15,16)17/h2-4,8,18H,5H2,1H3. The number of aryl methyl sites for hydroxylation is 1. The van der Waals surface area contributed by atoms with Crippen molar-refractivity contribution in [2.75, 3.05) is 0 Å². The highest BCUT2D eigenvalue weighted by molar-refractivity contribution is 5.39. The molecule has 0 bridgehead atoms. The van der Waals surface area contributed by atoms with Crippen molar-refractivity contribution in [1.29, 1.82) is 0 Å². The molecule has 1 rings (SSSR count). The lowest BCUT2D eigenvalue weighted by molar-refractivity contribution is -0.283. The van der Waals surface area contributed by atoms with Gasteiger partial charge in [0.15, 0.2) is 5.92 Å². The Morgan fingerprint density at radius 1 is 1.06 bits per heavy atom. The first-order valence-corrected chi connectivity index (χ1v) is 4.94. The third kappa shape index (κ3) is 3.30. The summed E-state index contributed by atoms with van der Waals surface area (Å²) in [5.74, 6) is -4.01. The number of phenolic OH excluding ortho intramolecular Hbond substituents is 1. The van der Waals surface area contributed by atoms with Crippen LogP contribution in [0.5, 0.6) is 5.75 Å². The summed E-state index contributed by atoms with van der Waals surface area (Å²) in [4.78, 5) is 0. The van der Waals surface area contributed by atoms with Gasteiger partial charge < -0.3 is 5.11 Å². The first-order valence-electron chi connectivity index (χ1n) is 4.94. The maximum absolute atomic E-state index is 12.3. The van der Waals surface area contributed by atoms with E-state index in [4.69, 9.17) is 0 Å². The average molecular weight is 272 g/mol. The third-order valence-corrected chi connectivity index (χ3v) is 2.54. The second-order valence-corrected chi connectivity index (χ2v) is 3.92. The molecular formula is C11H10F6O. The average Bonchev–Trinajstić information content (AvgIpc) is 2.16. The molecule has 1 aromatic carbocycles. The number of hydrogen-bond acceptors (Lipinski definition) is 1. The van der Waals surface area contributed by atoms with Gasteiger partial charge in [-0.25, -0.2) is 0 Å². The van der Waals surface area contributed by atoms with E-state index in [2.05, 4.69) is 0 Å². The predicted octanol–water partition coefficient (Wildman–Crippen LogP) is 3.98. The molecule has 0 spiro atoms. The highest BCUT2D eigenvalue weighted by Gasteiger charge is 2.56. The van der Waals surface area contributed by atoms with Crippen molar-refractivity contribution >= 4 is 0 Å². The van der Waals surface area contributed by atoms with Crippen LogP contribution in [0.1, 0.15) is 11.1 Å². The van der Waals surface area contributed by atoms with Gasteiger partial charge in [-0.15, -0.1) is 0 Å². The summed E-state index contributed by atoms with van der Waals surface area (Å²) in [7, 11) is 0. The van der Waals surface area contributed by atoms with Gasteiger partial charge in [0.1, 0.15) is 5.75 Å². The number of hydrogen-bond donors (Lipinski definition) is 1. The van der Waals surface area contributed by atoms with Crippen LogP contribution < -0.4 is 0 Å². The Kier molecular flexibility index (Phi) is 3.83. The number of rotatable bonds is 2. The zero-order chi connectivity index (χ0) is 14.1. The first kappa shape index (κ1) is 14.7. The van der Waals surface area contributed by atoms with E-state index >= 15 is 0 Å². The van der Waals surface area contributed by atoms with Crippen LogP contribution in [0.4, 0.5) is 26.3 Å². The molecule has 0 unspecified atom stereocenters. The van der Waals surface area contributed by atoms with Crippen LogP contribution in [-0.2, 0) is 6.42 Å². The zero-order valence-electron chi connectivity index (χ0n) is 9.23. The quantitative estimate of drug-likeness (QED) is 0.807. The summed E-state index contributed by atoms with van der Waals surface area (Å²) in [6.45, 7) is 1.40. The summed E-state index contributed by atoms with van der Waals surface area (Å²) >= 11 is 0. The molecule has 0 saturated carbocycles. The van der Waals surface area contributed by atoms with E-state index in [1.165, 1.54) is 19.1 Å². The van der Waals surface area contributed by atoms with Crippen LogP contribution in [0.25, 0.3) is 0 Å². The molecule has 0 aliphatic rings. The minimum atomic E-state index is -5.39. The minimum absolute atomic E-state index is 0.232. The van der Waals surface area contributed by atoms with Gasteiger partial charge in [0, 0.05) is 0 Å². The van der Waals surface area contributed by atoms with Gasteiger partial charge in [-0.2, -0.15) is 26.3 Å². The normalized spacial score (nSPS) is 13.1. The molecule has 0 aliphatic heterocycles. The lowest BCUT2D eigenvalue weighted by Gasteiger charge is -2.23. The van der Waals surface area contributed by atoms with Gasteiger partial charge in [-0.1, -0.05) is 18.2 Å². The fourth-order valence-corrected chi connectivity index (χ4v) is 1.52. The van der Waals surface area contributed by atoms with Crippen molar-refractivity contribution in [2.24, 2.45) is 5.92 Å². The van der Waals surface area contributed by atoms with Gasteiger partial charge in [0.05, 0.1) is 0 Å². The van der Waals surface area contributed by atoms with E-state index < -0.39 is 30.4 Å². The van der Waals surface area contributed by atoms with Crippen LogP contribution in [0.3, 0.4) is 0 Å². The van der Waals surface area contributed by atoms with E-state index in [-0.39, 0.29) is 11.1 Å². The van der Waals surface area contributed by atoms with Crippen molar-refractivity contribution in [3.8, 4) is 5.75 Å². The SMILES string of the molecule is Cc1cccc(CC(C(F)(F)F)C(F)(F)F)c1O. The molecule has 7 heteroatoms. The van der Waals surface area contributed by atoms with Crippen LogP contribution in [0.15, 0.2) is 18.2 Å². The molecule has 0 amide bonds. The molecule has 0 aromatic heterocycles. The largest absolute Gasteiger partial charge is 0.507 e. The van der Waals surface area contributed by atoms with Crippen LogP contribution in [-0.4, -0.2) is 17.5 Å². The smallest absolute Gasteiger partial charge is 0.400 e. The summed E-state index contributed by atoms with van der Waals surface area (Å²) < 4.78 is 74.0. The Balaban J connectivity index is 3.09. The van der Waals surface area contributed by atoms with E-state index in [1.54, 1.807) is 0 Å². The van der Waals surface area contributed by atoms with Crippen molar-refractivity contribution in [1.82, 2.24) is 0 Å². The zero-order valence-corrected chi connectivity index (χ0v) is 9.23. The number of para-hydroxylation sites is 1. The second kappa shape index (κ2) is 4.70. The summed E-state index contributed by atoms with van der Waals surface area (Å²) in [5.41, 5.74) is -0.134. The number of alkyl halides is 6. The molecule has 1 N–H and O–H groups in total. The molecule has 1 nitrogen and oxygen atoms in total. The number of phenols is 1. The van der Waals surface area contributed by atoms with Gasteiger partial charge >= 0.3 is 12.4 Å². The molecular weight excluding hydrogens is 262 g/mol. The third-order valence-electron chi connectivity index (χ3n) is 2.54. The Bertz CT molecular complexity index is 407. The topological polar surface area (TPSA) is 20.2 Å². The van der Waals surface area contributed by atoms with Gasteiger partial charge in [-0.3, -0.25) is 0 Å². The minimum Gasteiger partial charge on any atom is -0.507 e. The van der Waals surface area contributed by atoms with Crippen molar-refractivity contribution in [3.05, 3.63) is 29.3 Å². The molecule has 0 heterocycles. The maximum atomic E-state index is 12.3. The van der Waals surface area contributed by atoms with E-state index in [9.17, 15) is 31.4 Å². The predicted molar refractivity (Wildman–Crippen MR) is 52.1 cm³/mol. The Morgan fingerprint density at radius 2 is 1.56 bits per heavy atom. The van der Waals surface area contributed by atoms with Crippen molar-refractivity contribution < 1.29 is 31.4 Å². The monoisotopic (exact) mass is 272 g/mol. The molecule has 0 atom stereocenters. The van der Waals surface area contributed by atoms with Crippen molar-refractivity contribution in [3.63, 3.8) is 0 Å². The molecule has 102 valence electrons. The highest BCUT2D eigenvalue weighted by Crippen LogP contribution is 2.42. The lowest BCUT2D eigenvalue weighted by Crippen LogP contribution is -2.38. The molecule has 18 heavy (non-hydrogen) atoms. The number of halogens is 6. The van der Waals surface area contributed by atoms with Crippen LogP contribution in [0, 0.1) is 12.8 Å². The lowest BCUT2D eigenvalue weighted by atomic mass is 9.96. The first-order chi connectivity index (χ1) is 8.03. The van der Waals surface area contributed by atoms with Crippen LogP contribution >= 0.6 is 0 Å². The Hall–Kier alpha value is -1.40. The Morgan fingerprint density at radius 3 is 2.00 bits per heavy atom. The maximum Gasteiger partial charge on any atom is 0.400 e. The summed E-state index contributed by atoms with van der Waals surface area (Å²) in [5, 5.41) is 9.44. The number of aromatic hydroxyl groups is 1.